The van der Waals surface area contributed by atoms with Crippen molar-refractivity contribution in [3.8, 4) is 0 Å². The van der Waals surface area contributed by atoms with Gasteiger partial charge in [0.05, 0.1) is 0 Å². The van der Waals surface area contributed by atoms with E-state index in [1.807, 2.05) is 0 Å². The van der Waals surface area contributed by atoms with E-state index in [2.05, 4.69) is 24.5 Å². The van der Waals surface area contributed by atoms with E-state index < -0.39 is 0 Å². The molecule has 0 heterocycles. The van der Waals surface area contributed by atoms with E-state index >= 15 is 0 Å². The van der Waals surface area contributed by atoms with E-state index in [4.69, 9.17) is 0 Å². The third-order valence-electron chi connectivity index (χ3n) is 9.28. The molecule has 0 rings (SSSR count). The Balaban J connectivity index is 3.26. The molecular formula is C40H80N2O2. The largest absolute Gasteiger partial charge is 0.356 e. The fraction of sp³-hybridized carbons (Fsp3) is 0.950. The molecule has 0 aliphatic rings. The number of carbonyl (C=O) groups excluding carboxylic acids is 2. The summed E-state index contributed by atoms with van der Waals surface area (Å²) in [4.78, 5) is 24.1. The lowest BCUT2D eigenvalue weighted by Gasteiger charge is -2.07. The Kier molecular flexibility index (Phi) is 37.2. The molecule has 262 valence electrons. The summed E-state index contributed by atoms with van der Waals surface area (Å²) in [5, 5.41) is 5.99. The first kappa shape index (κ1) is 42.9. The molecule has 4 heteroatoms. The van der Waals surface area contributed by atoms with Crippen LogP contribution in [0.2, 0.25) is 0 Å². The minimum Gasteiger partial charge on any atom is -0.356 e. The highest BCUT2D eigenvalue weighted by molar-refractivity contribution is 5.83. The van der Waals surface area contributed by atoms with Crippen LogP contribution in [0.15, 0.2) is 0 Å². The summed E-state index contributed by atoms with van der Waals surface area (Å²) in [6, 6.07) is 0. The molecule has 0 bridgehead atoms. The van der Waals surface area contributed by atoms with Gasteiger partial charge < -0.3 is 10.6 Å². The minimum atomic E-state index is 0.0171. The highest BCUT2D eigenvalue weighted by Gasteiger charge is 2.06. The van der Waals surface area contributed by atoms with Gasteiger partial charge in [0.2, 0.25) is 11.8 Å². The Morgan fingerprint density at radius 3 is 0.682 bits per heavy atom. The van der Waals surface area contributed by atoms with Crippen LogP contribution in [0.25, 0.3) is 0 Å². The Bertz CT molecular complexity index is 530. The standard InChI is InChI=1S/C40H80N2O2/c1-3-5-7-9-11-13-15-17-19-21-23-25-27-29-31-33-37-41-39(43)35-36-40(44)42-38-34-32-30-28-26-24-22-20-18-16-14-12-10-8-6-4-2/h3-38H2,1-2H3,(H,41,43)(H,42,44). The van der Waals surface area contributed by atoms with E-state index in [1.54, 1.807) is 0 Å². The van der Waals surface area contributed by atoms with Crippen LogP contribution < -0.4 is 10.6 Å². The van der Waals surface area contributed by atoms with Gasteiger partial charge in [0, 0.05) is 25.9 Å². The van der Waals surface area contributed by atoms with Crippen molar-refractivity contribution >= 4 is 11.8 Å². The fourth-order valence-electron chi connectivity index (χ4n) is 6.21. The van der Waals surface area contributed by atoms with Crippen molar-refractivity contribution in [1.29, 1.82) is 0 Å². The van der Waals surface area contributed by atoms with Crippen LogP contribution in [0.3, 0.4) is 0 Å². The second-order valence-corrected chi connectivity index (χ2v) is 13.8. The van der Waals surface area contributed by atoms with Crippen molar-refractivity contribution in [3.63, 3.8) is 0 Å². The van der Waals surface area contributed by atoms with Gasteiger partial charge in [0.15, 0.2) is 0 Å². The molecule has 2 N–H and O–H groups in total. The van der Waals surface area contributed by atoms with Gasteiger partial charge in [-0.1, -0.05) is 206 Å². The smallest absolute Gasteiger partial charge is 0.220 e. The van der Waals surface area contributed by atoms with Crippen molar-refractivity contribution < 1.29 is 9.59 Å². The Hall–Kier alpha value is -1.06. The van der Waals surface area contributed by atoms with Gasteiger partial charge in [-0.2, -0.15) is 0 Å². The minimum absolute atomic E-state index is 0.0171. The Morgan fingerprint density at radius 2 is 0.477 bits per heavy atom. The summed E-state index contributed by atoms with van der Waals surface area (Å²) in [6.07, 6.45) is 44.1. The second-order valence-electron chi connectivity index (χ2n) is 13.8. The highest BCUT2D eigenvalue weighted by Crippen LogP contribution is 2.15. The molecule has 0 aliphatic carbocycles. The zero-order valence-electron chi connectivity index (χ0n) is 30.3. The second kappa shape index (κ2) is 38.1. The number of hydrogen-bond donors (Lipinski definition) is 2. The van der Waals surface area contributed by atoms with E-state index in [9.17, 15) is 9.59 Å². The zero-order valence-corrected chi connectivity index (χ0v) is 30.3. The summed E-state index contributed by atoms with van der Waals surface area (Å²) in [5.74, 6) is 0.0343. The maximum absolute atomic E-state index is 12.0. The van der Waals surface area contributed by atoms with Gasteiger partial charge in [-0.15, -0.1) is 0 Å². The molecule has 0 atom stereocenters. The Morgan fingerprint density at radius 1 is 0.295 bits per heavy atom. The first-order valence-electron chi connectivity index (χ1n) is 20.2. The molecule has 0 saturated heterocycles. The summed E-state index contributed by atoms with van der Waals surface area (Å²) < 4.78 is 0. The molecule has 0 aromatic heterocycles. The number of unbranched alkanes of at least 4 members (excludes halogenated alkanes) is 30. The molecule has 0 saturated carbocycles. The van der Waals surface area contributed by atoms with Crippen LogP contribution in [0.1, 0.15) is 232 Å². The predicted octanol–water partition coefficient (Wildman–Crippen LogP) is 12.5. The van der Waals surface area contributed by atoms with Gasteiger partial charge in [-0.05, 0) is 12.8 Å². The summed E-state index contributed by atoms with van der Waals surface area (Å²) in [6.45, 7) is 6.07. The molecule has 4 nitrogen and oxygen atoms in total. The first-order valence-corrected chi connectivity index (χ1v) is 20.2. The van der Waals surface area contributed by atoms with E-state index in [-0.39, 0.29) is 11.8 Å². The van der Waals surface area contributed by atoms with Crippen LogP contribution in [0.5, 0.6) is 0 Å². The van der Waals surface area contributed by atoms with Crippen molar-refractivity contribution in [3.05, 3.63) is 0 Å². The molecule has 0 radical (unpaired) electrons. The van der Waals surface area contributed by atoms with E-state index in [1.165, 1.54) is 193 Å². The van der Waals surface area contributed by atoms with Crippen molar-refractivity contribution in [2.24, 2.45) is 0 Å². The Labute approximate surface area is 276 Å². The third kappa shape index (κ3) is 37.1. The number of rotatable bonds is 37. The van der Waals surface area contributed by atoms with Crippen LogP contribution in [0, 0.1) is 0 Å². The molecule has 0 spiro atoms. The lowest BCUT2D eigenvalue weighted by atomic mass is 10.0. The summed E-state index contributed by atoms with van der Waals surface area (Å²) >= 11 is 0. The average molecular weight is 621 g/mol. The van der Waals surface area contributed by atoms with Crippen LogP contribution in [-0.4, -0.2) is 24.9 Å². The molecule has 2 amide bonds. The van der Waals surface area contributed by atoms with Gasteiger partial charge in [0.25, 0.3) is 0 Å². The maximum Gasteiger partial charge on any atom is 0.220 e. The molecule has 0 aromatic rings. The highest BCUT2D eigenvalue weighted by atomic mass is 16.2. The van der Waals surface area contributed by atoms with E-state index in [0.29, 0.717) is 12.8 Å². The quantitative estimate of drug-likeness (QED) is 0.0679. The maximum atomic E-state index is 12.0. The number of hydrogen-bond acceptors (Lipinski definition) is 2. The van der Waals surface area contributed by atoms with Crippen molar-refractivity contribution in [2.45, 2.75) is 232 Å². The number of carbonyl (C=O) groups is 2. The van der Waals surface area contributed by atoms with Crippen LogP contribution >= 0.6 is 0 Å². The molecule has 0 aliphatic heterocycles. The van der Waals surface area contributed by atoms with Crippen molar-refractivity contribution in [2.75, 3.05) is 13.1 Å². The lowest BCUT2D eigenvalue weighted by Crippen LogP contribution is -2.28. The monoisotopic (exact) mass is 621 g/mol. The number of nitrogens with one attached hydrogen (secondary N) is 2. The summed E-state index contributed by atoms with van der Waals surface area (Å²) in [7, 11) is 0. The van der Waals surface area contributed by atoms with E-state index in [0.717, 1.165) is 25.9 Å². The normalized spacial score (nSPS) is 11.2. The first-order chi connectivity index (χ1) is 21.7. The third-order valence-corrected chi connectivity index (χ3v) is 9.28. The molecule has 0 fully saturated rings. The van der Waals surface area contributed by atoms with Gasteiger partial charge >= 0.3 is 0 Å². The SMILES string of the molecule is CCCCCCCCCCCCCCCCCCNC(=O)CCC(=O)NCCCCCCCCCCCCCCCCCC. The summed E-state index contributed by atoms with van der Waals surface area (Å²) in [5.41, 5.74) is 0. The fourth-order valence-corrected chi connectivity index (χ4v) is 6.21. The van der Waals surface area contributed by atoms with Crippen molar-refractivity contribution in [1.82, 2.24) is 10.6 Å². The predicted molar refractivity (Wildman–Crippen MR) is 194 cm³/mol. The van der Waals surface area contributed by atoms with Crippen LogP contribution in [-0.2, 0) is 9.59 Å². The molecule has 44 heavy (non-hydrogen) atoms. The lowest BCUT2D eigenvalue weighted by molar-refractivity contribution is -0.126. The van der Waals surface area contributed by atoms with Gasteiger partial charge in [-0.25, -0.2) is 0 Å². The molecule has 0 aromatic carbocycles. The average Bonchev–Trinajstić information content (AvgIpc) is 3.03. The molecule has 0 unspecified atom stereocenters. The van der Waals surface area contributed by atoms with Gasteiger partial charge in [-0.3, -0.25) is 9.59 Å². The van der Waals surface area contributed by atoms with Crippen LogP contribution in [0.4, 0.5) is 0 Å². The van der Waals surface area contributed by atoms with Gasteiger partial charge in [0.1, 0.15) is 0 Å². The topological polar surface area (TPSA) is 58.2 Å². The zero-order chi connectivity index (χ0) is 32.0. The molecular weight excluding hydrogens is 540 g/mol. The number of amides is 2.